The molecule has 2 N–H and O–H groups in total. The summed E-state index contributed by atoms with van der Waals surface area (Å²) in [6, 6.07) is 10.8. The summed E-state index contributed by atoms with van der Waals surface area (Å²) in [6.07, 6.45) is 0. The third-order valence-electron chi connectivity index (χ3n) is 5.05. The normalized spacial score (nSPS) is 12.5. The van der Waals surface area contributed by atoms with Gasteiger partial charge < -0.3 is 29.0 Å². The van der Waals surface area contributed by atoms with Crippen LogP contribution in [-0.2, 0) is 4.74 Å². The summed E-state index contributed by atoms with van der Waals surface area (Å²) in [7, 11) is 0. The summed E-state index contributed by atoms with van der Waals surface area (Å²) in [6.45, 7) is 4.19. The average molecular weight is 423 g/mol. The number of hydrogen-bond donors (Lipinski definition) is 2. The molecule has 1 aliphatic rings. The third-order valence-corrected chi connectivity index (χ3v) is 5.05. The van der Waals surface area contributed by atoms with Crippen LogP contribution in [0.15, 0.2) is 42.5 Å². The number of phenolic OH excluding ortho intramolecular Hbond substituents is 2. The van der Waals surface area contributed by atoms with Gasteiger partial charge in [0.05, 0.1) is 0 Å². The quantitative estimate of drug-likeness (QED) is 0.479. The first kappa shape index (κ1) is 20.3. The SMILES string of the molecule is Cc1cc(C(=O)COC(=O)c2ccc(O)cc2O)c(C)n1-c1ccc2c(c1)OCCO2. The van der Waals surface area contributed by atoms with Crippen LogP contribution in [0.4, 0.5) is 0 Å². The molecule has 1 aliphatic heterocycles. The van der Waals surface area contributed by atoms with E-state index in [-0.39, 0.29) is 17.1 Å². The Bertz CT molecular complexity index is 1180. The van der Waals surface area contributed by atoms with E-state index in [4.69, 9.17) is 14.2 Å². The van der Waals surface area contributed by atoms with Crippen molar-refractivity contribution in [3.05, 3.63) is 65.0 Å². The fraction of sp³-hybridized carbons (Fsp3) is 0.217. The zero-order valence-electron chi connectivity index (χ0n) is 17.0. The molecule has 0 bridgehead atoms. The van der Waals surface area contributed by atoms with Gasteiger partial charge in [0, 0.05) is 34.8 Å². The van der Waals surface area contributed by atoms with Gasteiger partial charge in [-0.05, 0) is 44.2 Å². The highest BCUT2D eigenvalue weighted by atomic mass is 16.6. The largest absolute Gasteiger partial charge is 0.508 e. The Hall–Kier alpha value is -3.94. The molecule has 0 fully saturated rings. The lowest BCUT2D eigenvalue weighted by Crippen LogP contribution is -2.16. The molecule has 0 radical (unpaired) electrons. The maximum Gasteiger partial charge on any atom is 0.342 e. The first-order valence-electron chi connectivity index (χ1n) is 9.66. The molecule has 0 saturated heterocycles. The monoisotopic (exact) mass is 423 g/mol. The minimum absolute atomic E-state index is 0.132. The molecule has 8 heteroatoms. The predicted molar refractivity (Wildman–Crippen MR) is 111 cm³/mol. The second kappa shape index (κ2) is 8.06. The summed E-state index contributed by atoms with van der Waals surface area (Å²) in [4.78, 5) is 24.9. The van der Waals surface area contributed by atoms with Crippen LogP contribution < -0.4 is 9.47 Å². The maximum atomic E-state index is 12.7. The molecular formula is C23H21NO7. The molecule has 0 saturated carbocycles. The van der Waals surface area contributed by atoms with E-state index in [2.05, 4.69) is 0 Å². The molecule has 0 amide bonds. The number of benzene rings is 2. The van der Waals surface area contributed by atoms with Crippen molar-refractivity contribution < 1.29 is 34.0 Å². The highest BCUT2D eigenvalue weighted by molar-refractivity contribution is 6.01. The standard InChI is InChI=1S/C23H21NO7/c1-13-9-18(20(27)12-31-23(28)17-5-4-16(25)11-19(17)26)14(2)24(13)15-3-6-21-22(10-15)30-8-7-29-21/h3-6,9-11,25-26H,7-8,12H2,1-2H3. The van der Waals surface area contributed by atoms with Gasteiger partial charge in [0.2, 0.25) is 5.78 Å². The summed E-state index contributed by atoms with van der Waals surface area (Å²) >= 11 is 0. The van der Waals surface area contributed by atoms with E-state index in [9.17, 15) is 19.8 Å². The summed E-state index contributed by atoms with van der Waals surface area (Å²) < 4.78 is 18.2. The lowest BCUT2D eigenvalue weighted by Gasteiger charge is -2.20. The minimum Gasteiger partial charge on any atom is -0.508 e. The minimum atomic E-state index is -0.855. The zero-order valence-corrected chi connectivity index (χ0v) is 17.0. The van der Waals surface area contributed by atoms with Crippen molar-refractivity contribution >= 4 is 11.8 Å². The third kappa shape index (κ3) is 3.92. The zero-order chi connectivity index (χ0) is 22.1. The lowest BCUT2D eigenvalue weighted by atomic mass is 10.1. The van der Waals surface area contributed by atoms with Gasteiger partial charge in [0.15, 0.2) is 18.1 Å². The van der Waals surface area contributed by atoms with E-state index in [1.165, 1.54) is 12.1 Å². The van der Waals surface area contributed by atoms with Gasteiger partial charge in [-0.15, -0.1) is 0 Å². The molecule has 0 atom stereocenters. The number of ether oxygens (including phenoxy) is 3. The second-order valence-corrected chi connectivity index (χ2v) is 7.15. The molecule has 1 aromatic heterocycles. The molecule has 160 valence electrons. The molecular weight excluding hydrogens is 402 g/mol. The van der Waals surface area contributed by atoms with Crippen molar-refractivity contribution in [1.29, 1.82) is 0 Å². The van der Waals surface area contributed by atoms with E-state index in [1.807, 2.05) is 36.6 Å². The number of hydrogen-bond acceptors (Lipinski definition) is 7. The van der Waals surface area contributed by atoms with E-state index >= 15 is 0 Å². The number of aryl methyl sites for hydroxylation is 1. The smallest absolute Gasteiger partial charge is 0.342 e. The topological polar surface area (TPSA) is 107 Å². The number of ketones is 1. The Morgan fingerprint density at radius 3 is 2.45 bits per heavy atom. The molecule has 4 rings (SSSR count). The van der Waals surface area contributed by atoms with Crippen molar-refractivity contribution in [1.82, 2.24) is 4.57 Å². The van der Waals surface area contributed by atoms with Gasteiger partial charge in [-0.3, -0.25) is 4.79 Å². The fourth-order valence-corrected chi connectivity index (χ4v) is 3.59. The Kier molecular flexibility index (Phi) is 5.29. The van der Waals surface area contributed by atoms with E-state index in [0.717, 1.165) is 17.4 Å². The summed E-state index contributed by atoms with van der Waals surface area (Å²) in [5.41, 5.74) is 2.65. The van der Waals surface area contributed by atoms with E-state index < -0.39 is 18.3 Å². The number of Topliss-reactive ketones (excluding diaryl/α,β-unsaturated/α-hetero) is 1. The number of aromatic nitrogens is 1. The Labute approximate surface area is 178 Å². The van der Waals surface area contributed by atoms with Crippen molar-refractivity contribution in [3.63, 3.8) is 0 Å². The summed E-state index contributed by atoms with van der Waals surface area (Å²) in [5, 5.41) is 19.1. The number of carbonyl (C=O) groups excluding carboxylic acids is 2. The highest BCUT2D eigenvalue weighted by Crippen LogP contribution is 2.33. The van der Waals surface area contributed by atoms with Crippen molar-refractivity contribution in [2.75, 3.05) is 19.8 Å². The van der Waals surface area contributed by atoms with Gasteiger partial charge in [-0.2, -0.15) is 0 Å². The van der Waals surface area contributed by atoms with Crippen molar-refractivity contribution in [2.45, 2.75) is 13.8 Å². The van der Waals surface area contributed by atoms with Crippen molar-refractivity contribution in [3.8, 4) is 28.7 Å². The van der Waals surface area contributed by atoms with Gasteiger partial charge in [-0.25, -0.2) is 4.79 Å². The molecule has 31 heavy (non-hydrogen) atoms. The number of rotatable bonds is 5. The molecule has 0 spiro atoms. The van der Waals surface area contributed by atoms with Crippen LogP contribution in [0.5, 0.6) is 23.0 Å². The number of phenols is 2. The van der Waals surface area contributed by atoms with Gasteiger partial charge in [0.25, 0.3) is 0 Å². The molecule has 2 heterocycles. The molecule has 0 aliphatic carbocycles. The maximum absolute atomic E-state index is 12.7. The first-order chi connectivity index (χ1) is 14.8. The van der Waals surface area contributed by atoms with Gasteiger partial charge in [0.1, 0.15) is 30.3 Å². The Morgan fingerprint density at radius 2 is 1.71 bits per heavy atom. The lowest BCUT2D eigenvalue weighted by molar-refractivity contribution is 0.0471. The molecule has 2 aromatic carbocycles. The number of carbonyl (C=O) groups is 2. The summed E-state index contributed by atoms with van der Waals surface area (Å²) in [5.74, 6) is -0.508. The van der Waals surface area contributed by atoms with E-state index in [0.29, 0.717) is 36.0 Å². The fourth-order valence-electron chi connectivity index (χ4n) is 3.59. The number of nitrogens with zero attached hydrogens (tertiary/aromatic N) is 1. The second-order valence-electron chi connectivity index (χ2n) is 7.15. The first-order valence-corrected chi connectivity index (χ1v) is 9.66. The number of aromatic hydroxyl groups is 2. The average Bonchev–Trinajstić information content (AvgIpc) is 3.05. The van der Waals surface area contributed by atoms with Gasteiger partial charge >= 0.3 is 5.97 Å². The van der Waals surface area contributed by atoms with Crippen LogP contribution >= 0.6 is 0 Å². The number of esters is 1. The van der Waals surface area contributed by atoms with Crippen LogP contribution in [-0.4, -0.2) is 46.4 Å². The van der Waals surface area contributed by atoms with E-state index in [1.54, 1.807) is 6.07 Å². The Balaban J connectivity index is 1.53. The Morgan fingerprint density at radius 1 is 0.968 bits per heavy atom. The van der Waals surface area contributed by atoms with Crippen LogP contribution in [0.3, 0.4) is 0 Å². The van der Waals surface area contributed by atoms with Crippen LogP contribution in [0.2, 0.25) is 0 Å². The molecule has 0 unspecified atom stereocenters. The van der Waals surface area contributed by atoms with Crippen LogP contribution in [0, 0.1) is 13.8 Å². The number of fused-ring (bicyclic) bond motifs is 1. The molecule has 3 aromatic rings. The predicted octanol–water partition coefficient (Wildman–Crippen LogP) is 3.32. The van der Waals surface area contributed by atoms with Crippen LogP contribution in [0.25, 0.3) is 5.69 Å². The molecule has 8 nitrogen and oxygen atoms in total. The van der Waals surface area contributed by atoms with Crippen LogP contribution in [0.1, 0.15) is 32.1 Å². The van der Waals surface area contributed by atoms with Crippen molar-refractivity contribution in [2.24, 2.45) is 0 Å². The highest BCUT2D eigenvalue weighted by Gasteiger charge is 2.21. The van der Waals surface area contributed by atoms with Gasteiger partial charge in [-0.1, -0.05) is 0 Å².